The number of aliphatic imine (C=N–C) groups is 1. The smallest absolute Gasteiger partial charge is 0.191 e. The lowest BCUT2D eigenvalue weighted by molar-refractivity contribution is 0.0888. The van der Waals surface area contributed by atoms with Crippen LogP contribution in [-0.4, -0.2) is 46.0 Å². The first-order chi connectivity index (χ1) is 11.7. The molecule has 1 aliphatic heterocycles. The minimum atomic E-state index is -0.239. The van der Waals surface area contributed by atoms with Gasteiger partial charge in [0.15, 0.2) is 5.96 Å². The number of hydrogen-bond acceptors (Lipinski definition) is 3. The van der Waals surface area contributed by atoms with Crippen LogP contribution < -0.4 is 10.6 Å². The molecule has 0 bridgehead atoms. The molecule has 2 N–H and O–H groups in total. The largest absolute Gasteiger partial charge is 0.381 e. The Labute approximate surface area is 151 Å². The number of hydrogen-bond donors (Lipinski definition) is 2. The van der Waals surface area contributed by atoms with Crippen molar-refractivity contribution in [3.63, 3.8) is 0 Å². The number of nitrogens with one attached hydrogen (secondary N) is 2. The second-order valence-corrected chi connectivity index (χ2v) is 6.66. The van der Waals surface area contributed by atoms with Gasteiger partial charge in [-0.2, -0.15) is 0 Å². The third-order valence-corrected chi connectivity index (χ3v) is 4.31. The van der Waals surface area contributed by atoms with Gasteiger partial charge < -0.3 is 20.1 Å². The van der Waals surface area contributed by atoms with E-state index in [1.54, 1.807) is 13.1 Å². The predicted octanol–water partition coefficient (Wildman–Crippen LogP) is 2.70. The highest BCUT2D eigenvalue weighted by atomic mass is 79.9. The van der Waals surface area contributed by atoms with Crippen LogP contribution in [0.1, 0.15) is 18.4 Å². The molecule has 0 aliphatic carbocycles. The lowest BCUT2D eigenvalue weighted by Crippen LogP contribution is -2.37. The first kappa shape index (κ1) is 19.1. The summed E-state index contributed by atoms with van der Waals surface area (Å²) in [5.74, 6) is 0.964. The Morgan fingerprint density at radius 2 is 2.33 bits per heavy atom. The summed E-state index contributed by atoms with van der Waals surface area (Å²) in [6.07, 6.45) is 1.99. The van der Waals surface area contributed by atoms with Gasteiger partial charge in [0.1, 0.15) is 5.82 Å². The fourth-order valence-corrected chi connectivity index (χ4v) is 2.74. The Morgan fingerprint density at radius 1 is 1.46 bits per heavy atom. The molecule has 7 heteroatoms. The number of halogens is 2. The van der Waals surface area contributed by atoms with E-state index in [1.165, 1.54) is 6.07 Å². The van der Waals surface area contributed by atoms with Gasteiger partial charge in [-0.05, 0) is 25.0 Å². The van der Waals surface area contributed by atoms with Gasteiger partial charge in [-0.15, -0.1) is 0 Å². The molecule has 2 rings (SSSR count). The van der Waals surface area contributed by atoms with Gasteiger partial charge in [0.25, 0.3) is 0 Å². The second-order valence-electron chi connectivity index (χ2n) is 5.75. The Kier molecular flexibility index (Phi) is 8.49. The number of benzene rings is 1. The zero-order valence-corrected chi connectivity index (χ0v) is 15.6. The van der Waals surface area contributed by atoms with E-state index in [0.29, 0.717) is 30.6 Å². The summed E-state index contributed by atoms with van der Waals surface area (Å²) >= 11 is 3.25. The molecule has 0 saturated carbocycles. The van der Waals surface area contributed by atoms with Crippen molar-refractivity contribution in [2.24, 2.45) is 10.9 Å². The van der Waals surface area contributed by atoms with Gasteiger partial charge in [-0.25, -0.2) is 4.39 Å². The van der Waals surface area contributed by atoms with E-state index < -0.39 is 0 Å². The SMILES string of the molecule is CN=C(NCCCOCC1CCOC1)NCc1ccc(Br)cc1F. The van der Waals surface area contributed by atoms with E-state index in [-0.39, 0.29) is 5.82 Å². The molecule has 1 aromatic rings. The average molecular weight is 402 g/mol. The maximum absolute atomic E-state index is 13.8. The number of ether oxygens (including phenoxy) is 2. The van der Waals surface area contributed by atoms with Crippen molar-refractivity contribution < 1.29 is 13.9 Å². The van der Waals surface area contributed by atoms with Gasteiger partial charge in [0.05, 0.1) is 13.2 Å². The van der Waals surface area contributed by atoms with Crippen LogP contribution in [0, 0.1) is 11.7 Å². The normalized spacial score (nSPS) is 18.0. The van der Waals surface area contributed by atoms with E-state index in [2.05, 4.69) is 31.6 Å². The summed E-state index contributed by atoms with van der Waals surface area (Å²) in [7, 11) is 1.70. The molecule has 0 radical (unpaired) electrons. The summed E-state index contributed by atoms with van der Waals surface area (Å²) in [5.41, 5.74) is 0.600. The summed E-state index contributed by atoms with van der Waals surface area (Å²) in [4.78, 5) is 4.14. The lowest BCUT2D eigenvalue weighted by atomic mass is 10.1. The van der Waals surface area contributed by atoms with Crippen molar-refractivity contribution in [1.29, 1.82) is 0 Å². The van der Waals surface area contributed by atoms with E-state index in [1.807, 2.05) is 6.07 Å². The molecule has 0 amide bonds. The molecule has 1 aromatic carbocycles. The lowest BCUT2D eigenvalue weighted by Gasteiger charge is -2.13. The summed E-state index contributed by atoms with van der Waals surface area (Å²) in [5, 5.41) is 6.31. The molecule has 1 unspecified atom stereocenters. The van der Waals surface area contributed by atoms with Crippen molar-refractivity contribution in [2.75, 3.05) is 40.0 Å². The zero-order valence-electron chi connectivity index (χ0n) is 14.0. The third kappa shape index (κ3) is 6.75. The molecule has 1 fully saturated rings. The van der Waals surface area contributed by atoms with Crippen LogP contribution in [-0.2, 0) is 16.0 Å². The third-order valence-electron chi connectivity index (χ3n) is 3.82. The summed E-state index contributed by atoms with van der Waals surface area (Å²) in [6, 6.07) is 5.03. The Balaban J connectivity index is 1.58. The monoisotopic (exact) mass is 401 g/mol. The number of rotatable bonds is 8. The molecular formula is C17H25BrFN3O2. The van der Waals surface area contributed by atoms with Gasteiger partial charge in [0, 0.05) is 49.3 Å². The molecule has 1 saturated heterocycles. The Bertz CT molecular complexity index is 537. The van der Waals surface area contributed by atoms with E-state index >= 15 is 0 Å². The average Bonchev–Trinajstić information content (AvgIpc) is 3.08. The van der Waals surface area contributed by atoms with Crippen LogP contribution in [0.15, 0.2) is 27.7 Å². The first-order valence-electron chi connectivity index (χ1n) is 8.23. The topological polar surface area (TPSA) is 54.9 Å². The van der Waals surface area contributed by atoms with Crippen molar-refractivity contribution in [1.82, 2.24) is 10.6 Å². The maximum Gasteiger partial charge on any atom is 0.191 e. The van der Waals surface area contributed by atoms with Crippen molar-refractivity contribution in [3.8, 4) is 0 Å². The number of nitrogens with zero attached hydrogens (tertiary/aromatic N) is 1. The minimum Gasteiger partial charge on any atom is -0.381 e. The van der Waals surface area contributed by atoms with Crippen LogP contribution in [0.3, 0.4) is 0 Å². The van der Waals surface area contributed by atoms with Crippen molar-refractivity contribution in [3.05, 3.63) is 34.1 Å². The van der Waals surface area contributed by atoms with Crippen molar-refractivity contribution >= 4 is 21.9 Å². The van der Waals surface area contributed by atoms with Crippen LogP contribution in [0.5, 0.6) is 0 Å². The van der Waals surface area contributed by atoms with Crippen LogP contribution >= 0.6 is 15.9 Å². The van der Waals surface area contributed by atoms with Gasteiger partial charge in [-0.3, -0.25) is 4.99 Å². The highest BCUT2D eigenvalue weighted by Crippen LogP contribution is 2.15. The Hall–Kier alpha value is -1.18. The van der Waals surface area contributed by atoms with Crippen LogP contribution in [0.25, 0.3) is 0 Å². The van der Waals surface area contributed by atoms with E-state index in [0.717, 1.165) is 43.7 Å². The molecule has 134 valence electrons. The molecule has 0 spiro atoms. The highest BCUT2D eigenvalue weighted by Gasteiger charge is 2.15. The summed E-state index contributed by atoms with van der Waals surface area (Å²) in [6.45, 7) is 4.30. The van der Waals surface area contributed by atoms with Gasteiger partial charge >= 0.3 is 0 Å². The molecule has 24 heavy (non-hydrogen) atoms. The zero-order chi connectivity index (χ0) is 17.2. The second kappa shape index (κ2) is 10.6. The van der Waals surface area contributed by atoms with Gasteiger partial charge in [0.2, 0.25) is 0 Å². The molecular weight excluding hydrogens is 377 g/mol. The van der Waals surface area contributed by atoms with Gasteiger partial charge in [-0.1, -0.05) is 22.0 Å². The Morgan fingerprint density at radius 3 is 3.04 bits per heavy atom. The highest BCUT2D eigenvalue weighted by molar-refractivity contribution is 9.10. The summed E-state index contributed by atoms with van der Waals surface area (Å²) < 4.78 is 25.5. The standard InChI is InChI=1S/C17H25BrFN3O2/c1-20-17(22-10-14-3-4-15(18)9-16(14)19)21-6-2-7-23-11-13-5-8-24-12-13/h3-4,9,13H,2,5-8,10-12H2,1H3,(H2,20,21,22). The molecule has 1 heterocycles. The quantitative estimate of drug-likeness (QED) is 0.399. The molecule has 1 aliphatic rings. The van der Waals surface area contributed by atoms with Crippen LogP contribution in [0.2, 0.25) is 0 Å². The predicted molar refractivity (Wildman–Crippen MR) is 96.7 cm³/mol. The van der Waals surface area contributed by atoms with E-state index in [9.17, 15) is 4.39 Å². The molecule has 5 nitrogen and oxygen atoms in total. The van der Waals surface area contributed by atoms with Crippen LogP contribution in [0.4, 0.5) is 4.39 Å². The maximum atomic E-state index is 13.8. The number of guanidine groups is 1. The first-order valence-corrected chi connectivity index (χ1v) is 9.02. The van der Waals surface area contributed by atoms with Crippen molar-refractivity contribution in [2.45, 2.75) is 19.4 Å². The minimum absolute atomic E-state index is 0.239. The molecule has 0 aromatic heterocycles. The fraction of sp³-hybridized carbons (Fsp3) is 0.588. The fourth-order valence-electron chi connectivity index (χ4n) is 2.41. The molecule has 1 atom stereocenters. The van der Waals surface area contributed by atoms with E-state index in [4.69, 9.17) is 9.47 Å².